The van der Waals surface area contributed by atoms with Crippen LogP contribution in [0.4, 0.5) is 11.4 Å². The van der Waals surface area contributed by atoms with Gasteiger partial charge in [-0.25, -0.2) is 0 Å². The number of nitro groups is 1. The maximum Gasteiger partial charge on any atom is 0.271 e. The number of aliphatic imine (C=N–C) groups is 1. The third-order valence-corrected chi connectivity index (χ3v) is 4.23. The van der Waals surface area contributed by atoms with Crippen LogP contribution < -0.4 is 0 Å². The van der Waals surface area contributed by atoms with E-state index < -0.39 is 0 Å². The van der Waals surface area contributed by atoms with Crippen molar-refractivity contribution in [1.29, 1.82) is 0 Å². The summed E-state index contributed by atoms with van der Waals surface area (Å²) in [5, 5.41) is 11.0. The Morgan fingerprint density at radius 1 is 1.04 bits per heavy atom. The molecule has 3 rings (SSSR count). The van der Waals surface area contributed by atoms with Gasteiger partial charge in [-0.15, -0.1) is 0 Å². The molecular formula is C20H19N3O2. The molecule has 1 aromatic heterocycles. The number of benzene rings is 2. The van der Waals surface area contributed by atoms with E-state index in [-0.39, 0.29) is 10.6 Å². The summed E-state index contributed by atoms with van der Waals surface area (Å²) in [6.07, 6.45) is 1.85. The van der Waals surface area contributed by atoms with E-state index in [2.05, 4.69) is 4.99 Å². The van der Waals surface area contributed by atoms with Gasteiger partial charge in [0.1, 0.15) is 0 Å². The van der Waals surface area contributed by atoms with Crippen molar-refractivity contribution in [2.45, 2.75) is 20.8 Å². The van der Waals surface area contributed by atoms with Gasteiger partial charge in [-0.1, -0.05) is 24.3 Å². The second kappa shape index (κ2) is 6.73. The Hall–Kier alpha value is -3.21. The first-order valence-corrected chi connectivity index (χ1v) is 8.01. The Morgan fingerprint density at radius 2 is 1.80 bits per heavy atom. The quantitative estimate of drug-likeness (QED) is 0.380. The Bertz CT molecular complexity index is 971. The molecule has 0 radical (unpaired) electrons. The molecule has 5 heteroatoms. The van der Waals surface area contributed by atoms with E-state index in [0.29, 0.717) is 0 Å². The molecule has 0 aliphatic heterocycles. The van der Waals surface area contributed by atoms with Crippen LogP contribution >= 0.6 is 0 Å². The molecule has 0 atom stereocenters. The molecule has 0 unspecified atom stereocenters. The van der Waals surface area contributed by atoms with Gasteiger partial charge in [0.25, 0.3) is 5.69 Å². The van der Waals surface area contributed by atoms with E-state index in [1.54, 1.807) is 12.1 Å². The van der Waals surface area contributed by atoms with Gasteiger partial charge >= 0.3 is 0 Å². The molecule has 0 bridgehead atoms. The topological polar surface area (TPSA) is 60.4 Å². The second-order valence-electron chi connectivity index (χ2n) is 5.98. The summed E-state index contributed by atoms with van der Waals surface area (Å²) >= 11 is 0. The molecule has 25 heavy (non-hydrogen) atoms. The predicted octanol–water partition coefficient (Wildman–Crippen LogP) is 5.06. The van der Waals surface area contributed by atoms with Crippen molar-refractivity contribution in [3.05, 3.63) is 87.2 Å². The fraction of sp³-hybridized carbons (Fsp3) is 0.150. The standard InChI is InChI=1S/C20H19N3O2/c1-14-7-4-5-10-20(14)21-13-17-11-15(2)22(16(17)3)18-8-6-9-19(12-18)23(24)25/h4-13H,1-3H3. The number of nitrogens with zero attached hydrogens (tertiary/aromatic N) is 3. The third-order valence-electron chi connectivity index (χ3n) is 4.23. The Morgan fingerprint density at radius 3 is 2.52 bits per heavy atom. The van der Waals surface area contributed by atoms with Crippen molar-refractivity contribution in [3.63, 3.8) is 0 Å². The summed E-state index contributed by atoms with van der Waals surface area (Å²) in [4.78, 5) is 15.2. The van der Waals surface area contributed by atoms with Crippen LogP contribution in [-0.2, 0) is 0 Å². The summed E-state index contributed by atoms with van der Waals surface area (Å²) in [6.45, 7) is 6.00. The van der Waals surface area contributed by atoms with Crippen molar-refractivity contribution < 1.29 is 4.92 Å². The highest BCUT2D eigenvalue weighted by Crippen LogP contribution is 2.24. The van der Waals surface area contributed by atoms with Gasteiger partial charge in [-0.3, -0.25) is 15.1 Å². The highest BCUT2D eigenvalue weighted by Gasteiger charge is 2.12. The van der Waals surface area contributed by atoms with Crippen molar-refractivity contribution in [3.8, 4) is 5.69 Å². The van der Waals surface area contributed by atoms with Crippen LogP contribution in [-0.4, -0.2) is 15.7 Å². The van der Waals surface area contributed by atoms with Gasteiger partial charge < -0.3 is 4.57 Å². The minimum Gasteiger partial charge on any atom is -0.318 e. The molecule has 0 fully saturated rings. The first kappa shape index (κ1) is 16.6. The van der Waals surface area contributed by atoms with Gasteiger partial charge in [0.05, 0.1) is 16.3 Å². The number of rotatable bonds is 4. The fourth-order valence-electron chi connectivity index (χ4n) is 2.91. The number of aromatic nitrogens is 1. The van der Waals surface area contributed by atoms with E-state index in [4.69, 9.17) is 0 Å². The van der Waals surface area contributed by atoms with Crippen molar-refractivity contribution in [2.75, 3.05) is 0 Å². The number of hydrogen-bond donors (Lipinski definition) is 0. The van der Waals surface area contributed by atoms with E-state index in [0.717, 1.165) is 33.9 Å². The second-order valence-corrected chi connectivity index (χ2v) is 5.98. The van der Waals surface area contributed by atoms with Gasteiger partial charge in [0.15, 0.2) is 0 Å². The summed E-state index contributed by atoms with van der Waals surface area (Å²) in [6, 6.07) is 16.7. The largest absolute Gasteiger partial charge is 0.318 e. The maximum atomic E-state index is 11.0. The summed E-state index contributed by atoms with van der Waals surface area (Å²) in [7, 11) is 0. The predicted molar refractivity (Wildman–Crippen MR) is 100 cm³/mol. The van der Waals surface area contributed by atoms with E-state index in [1.807, 2.05) is 68.0 Å². The van der Waals surface area contributed by atoms with Crippen LogP contribution in [0.3, 0.4) is 0 Å². The molecule has 0 aliphatic carbocycles. The zero-order valence-electron chi connectivity index (χ0n) is 14.4. The van der Waals surface area contributed by atoms with Crippen LogP contribution in [0.1, 0.15) is 22.5 Å². The normalized spacial score (nSPS) is 11.2. The molecule has 0 spiro atoms. The van der Waals surface area contributed by atoms with Gasteiger partial charge in [0, 0.05) is 35.3 Å². The lowest BCUT2D eigenvalue weighted by atomic mass is 10.2. The van der Waals surface area contributed by atoms with Crippen molar-refractivity contribution >= 4 is 17.6 Å². The van der Waals surface area contributed by atoms with Crippen LogP contribution in [0.25, 0.3) is 5.69 Å². The van der Waals surface area contributed by atoms with E-state index in [1.165, 1.54) is 6.07 Å². The lowest BCUT2D eigenvalue weighted by Gasteiger charge is -2.09. The molecule has 0 saturated carbocycles. The van der Waals surface area contributed by atoms with Crippen molar-refractivity contribution in [1.82, 2.24) is 4.57 Å². The Kier molecular flexibility index (Phi) is 4.48. The molecule has 2 aromatic carbocycles. The summed E-state index contributed by atoms with van der Waals surface area (Å²) in [5.74, 6) is 0. The number of para-hydroxylation sites is 1. The molecule has 0 saturated heterocycles. The minimum atomic E-state index is -0.377. The van der Waals surface area contributed by atoms with Crippen LogP contribution in [0.5, 0.6) is 0 Å². The molecule has 0 amide bonds. The maximum absolute atomic E-state index is 11.0. The Balaban J connectivity index is 2.01. The Labute approximate surface area is 146 Å². The first-order chi connectivity index (χ1) is 12.0. The average Bonchev–Trinajstić information content (AvgIpc) is 2.88. The van der Waals surface area contributed by atoms with Gasteiger partial charge in [-0.05, 0) is 44.5 Å². The summed E-state index contributed by atoms with van der Waals surface area (Å²) < 4.78 is 2.01. The van der Waals surface area contributed by atoms with Crippen molar-refractivity contribution in [2.24, 2.45) is 4.99 Å². The van der Waals surface area contributed by atoms with Crippen LogP contribution in [0, 0.1) is 30.9 Å². The average molecular weight is 333 g/mol. The van der Waals surface area contributed by atoms with Crippen LogP contribution in [0.2, 0.25) is 0 Å². The number of nitro benzene ring substituents is 1. The zero-order chi connectivity index (χ0) is 18.0. The molecule has 0 aliphatic rings. The van der Waals surface area contributed by atoms with E-state index >= 15 is 0 Å². The van der Waals surface area contributed by atoms with Gasteiger partial charge in [0.2, 0.25) is 0 Å². The number of non-ortho nitro benzene ring substituents is 1. The lowest BCUT2D eigenvalue weighted by molar-refractivity contribution is -0.384. The van der Waals surface area contributed by atoms with Crippen LogP contribution in [0.15, 0.2) is 59.6 Å². The molecular weight excluding hydrogens is 314 g/mol. The molecule has 1 heterocycles. The smallest absolute Gasteiger partial charge is 0.271 e. The highest BCUT2D eigenvalue weighted by molar-refractivity contribution is 5.84. The number of hydrogen-bond acceptors (Lipinski definition) is 3. The SMILES string of the molecule is Cc1ccccc1N=Cc1cc(C)n(-c2cccc([N+](=O)[O-])c2)c1C. The lowest BCUT2D eigenvalue weighted by Crippen LogP contribution is -2.00. The summed E-state index contributed by atoms with van der Waals surface area (Å²) in [5.41, 5.74) is 5.90. The molecule has 3 aromatic rings. The molecule has 0 N–H and O–H groups in total. The fourth-order valence-corrected chi connectivity index (χ4v) is 2.91. The van der Waals surface area contributed by atoms with Gasteiger partial charge in [-0.2, -0.15) is 0 Å². The third kappa shape index (κ3) is 3.35. The molecule has 126 valence electrons. The first-order valence-electron chi connectivity index (χ1n) is 8.01. The number of aryl methyl sites for hydroxylation is 2. The van der Waals surface area contributed by atoms with E-state index in [9.17, 15) is 10.1 Å². The molecule has 5 nitrogen and oxygen atoms in total. The monoisotopic (exact) mass is 333 g/mol. The zero-order valence-corrected chi connectivity index (χ0v) is 14.4. The minimum absolute atomic E-state index is 0.0835. The highest BCUT2D eigenvalue weighted by atomic mass is 16.6.